The molecule has 0 unspecified atom stereocenters. The third-order valence-corrected chi connectivity index (χ3v) is 8.13. The van der Waals surface area contributed by atoms with E-state index in [0.29, 0.717) is 55.1 Å². The van der Waals surface area contributed by atoms with Crippen molar-refractivity contribution in [3.05, 3.63) is 167 Å². The second-order valence-corrected chi connectivity index (χ2v) is 11.8. The molecule has 0 atom stereocenters. The van der Waals surface area contributed by atoms with Crippen molar-refractivity contribution in [3.8, 4) is 17.2 Å². The number of nitrogens with zero attached hydrogens (tertiary/aromatic N) is 7. The van der Waals surface area contributed by atoms with Crippen molar-refractivity contribution >= 4 is 11.9 Å². The van der Waals surface area contributed by atoms with Crippen LogP contribution in [0.2, 0.25) is 0 Å². The third kappa shape index (κ3) is 9.34. The number of phenolic OH excluding ortho intramolecular Hbond substituents is 2. The number of aromatic hydroxyl groups is 2. The highest BCUT2D eigenvalue weighted by molar-refractivity contribution is 5.87. The monoisotopic (exact) mass is 665 g/mol. The highest BCUT2D eigenvalue weighted by Gasteiger charge is 2.22. The van der Waals surface area contributed by atoms with E-state index >= 15 is 0 Å². The summed E-state index contributed by atoms with van der Waals surface area (Å²) in [5.41, 5.74) is 5.70. The van der Waals surface area contributed by atoms with Gasteiger partial charge in [0.2, 0.25) is 0 Å². The molecule has 0 aliphatic rings. The summed E-state index contributed by atoms with van der Waals surface area (Å²) in [7, 11) is 1.62. The molecule has 2 aromatic carbocycles. The molecule has 4 aromatic heterocycles. The van der Waals surface area contributed by atoms with Crippen molar-refractivity contribution in [2.75, 3.05) is 7.11 Å². The van der Waals surface area contributed by atoms with Crippen molar-refractivity contribution in [2.45, 2.75) is 39.3 Å². The first-order chi connectivity index (χ1) is 24.5. The van der Waals surface area contributed by atoms with Gasteiger partial charge >= 0.3 is 0 Å². The van der Waals surface area contributed by atoms with E-state index in [4.69, 9.17) is 4.74 Å². The van der Waals surface area contributed by atoms with Crippen LogP contribution in [0.4, 0.5) is 5.69 Å². The van der Waals surface area contributed by atoms with Crippen molar-refractivity contribution < 1.29 is 14.9 Å². The van der Waals surface area contributed by atoms with E-state index in [1.807, 2.05) is 97.1 Å². The van der Waals surface area contributed by atoms with Crippen molar-refractivity contribution in [3.63, 3.8) is 0 Å². The van der Waals surface area contributed by atoms with Gasteiger partial charge in [-0.15, -0.1) is 0 Å². The Bertz CT molecular complexity index is 1880. The van der Waals surface area contributed by atoms with E-state index in [2.05, 4.69) is 34.7 Å². The number of rotatable bonds is 15. The Morgan fingerprint density at radius 3 is 1.46 bits per heavy atom. The summed E-state index contributed by atoms with van der Waals surface area (Å²) in [6, 6.07) is 32.4. The van der Waals surface area contributed by atoms with Gasteiger partial charge < -0.3 is 14.9 Å². The van der Waals surface area contributed by atoms with Crippen LogP contribution in [-0.4, -0.2) is 53.3 Å². The largest absolute Gasteiger partial charge is 0.507 e. The molecule has 0 bridgehead atoms. The first-order valence-electron chi connectivity index (χ1n) is 16.3. The summed E-state index contributed by atoms with van der Waals surface area (Å²) in [6.07, 6.45) is 8.70. The third-order valence-electron chi connectivity index (χ3n) is 8.13. The van der Waals surface area contributed by atoms with Gasteiger partial charge in [-0.1, -0.05) is 24.3 Å². The van der Waals surface area contributed by atoms with Crippen LogP contribution in [0.1, 0.15) is 39.5 Å². The molecule has 0 amide bonds. The fourth-order valence-electron chi connectivity index (χ4n) is 5.67. The molecule has 4 heterocycles. The normalized spacial score (nSPS) is 11.4. The van der Waals surface area contributed by atoms with E-state index in [1.54, 1.807) is 44.2 Å². The van der Waals surface area contributed by atoms with Crippen LogP contribution in [0.5, 0.6) is 17.2 Å². The van der Waals surface area contributed by atoms with Gasteiger partial charge in [0.05, 0.1) is 41.1 Å². The smallest absolute Gasteiger partial charge is 0.132 e. The number of phenols is 2. The molecule has 0 saturated carbocycles. The second-order valence-electron chi connectivity index (χ2n) is 11.8. The van der Waals surface area contributed by atoms with Gasteiger partial charge in [0, 0.05) is 81.4 Å². The standard InChI is InChI=1S/C40H39N7O3/c1-50-37-16-14-32(15-17-37)45-23-30-22-31(24-46(25-33-10-2-6-18-41-33)26-34-11-3-7-19-42-34)40(49)38(39(30)48)29-47(27-35-12-4-8-20-43-35)28-36-13-5-9-21-44-36/h2-23,48-49H,24-29H2,1H3. The van der Waals surface area contributed by atoms with Crippen LogP contribution in [0, 0.1) is 0 Å². The van der Waals surface area contributed by atoms with Crippen LogP contribution in [0.25, 0.3) is 0 Å². The van der Waals surface area contributed by atoms with Crippen molar-refractivity contribution in [1.29, 1.82) is 0 Å². The van der Waals surface area contributed by atoms with Gasteiger partial charge in [0.1, 0.15) is 17.2 Å². The lowest BCUT2D eigenvalue weighted by Crippen LogP contribution is -2.25. The SMILES string of the molecule is COc1ccc(N=Cc2cc(CN(Cc3ccccn3)Cc3ccccn3)c(O)c(CN(Cc3ccccn3)Cc3ccccn3)c2O)cc1. The number of aromatic nitrogens is 4. The molecular formula is C40H39N7O3. The number of ether oxygens (including phenoxy) is 1. The molecule has 0 fully saturated rings. The number of aliphatic imine (C=N–C) groups is 1. The number of benzene rings is 2. The molecular weight excluding hydrogens is 626 g/mol. The molecule has 10 nitrogen and oxygen atoms in total. The fraction of sp³-hybridized carbons (Fsp3) is 0.175. The van der Waals surface area contributed by atoms with Crippen LogP contribution in [-0.2, 0) is 39.3 Å². The zero-order valence-corrected chi connectivity index (χ0v) is 27.9. The Kier molecular flexibility index (Phi) is 11.5. The van der Waals surface area contributed by atoms with Gasteiger partial charge in [0.25, 0.3) is 0 Å². The molecule has 252 valence electrons. The maximum atomic E-state index is 12.0. The summed E-state index contributed by atoms with van der Waals surface area (Å²) < 4.78 is 5.29. The molecule has 6 aromatic rings. The highest BCUT2D eigenvalue weighted by atomic mass is 16.5. The summed E-state index contributed by atoms with van der Waals surface area (Å²) in [5, 5.41) is 23.7. The predicted molar refractivity (Wildman–Crippen MR) is 193 cm³/mol. The highest BCUT2D eigenvalue weighted by Crippen LogP contribution is 2.37. The Morgan fingerprint density at radius 2 is 1.04 bits per heavy atom. The zero-order chi connectivity index (χ0) is 34.5. The minimum absolute atomic E-state index is 0.0168. The van der Waals surface area contributed by atoms with Crippen LogP contribution in [0.15, 0.2) is 133 Å². The van der Waals surface area contributed by atoms with E-state index in [-0.39, 0.29) is 18.0 Å². The molecule has 0 aliphatic heterocycles. The van der Waals surface area contributed by atoms with Gasteiger partial charge in [-0.2, -0.15) is 0 Å². The van der Waals surface area contributed by atoms with Crippen molar-refractivity contribution in [2.24, 2.45) is 4.99 Å². The molecule has 50 heavy (non-hydrogen) atoms. The Hall–Kier alpha value is -5.97. The number of hydrogen-bond donors (Lipinski definition) is 2. The lowest BCUT2D eigenvalue weighted by atomic mass is 10.0. The van der Waals surface area contributed by atoms with E-state index in [9.17, 15) is 10.2 Å². The molecule has 2 N–H and O–H groups in total. The average molecular weight is 666 g/mol. The fourth-order valence-corrected chi connectivity index (χ4v) is 5.67. The number of pyridine rings is 4. The Labute approximate surface area is 292 Å². The topological polar surface area (TPSA) is 120 Å². The van der Waals surface area contributed by atoms with Crippen molar-refractivity contribution in [1.82, 2.24) is 29.7 Å². The summed E-state index contributed by atoms with van der Waals surface area (Å²) >= 11 is 0. The van der Waals surface area contributed by atoms with E-state index in [1.165, 1.54) is 0 Å². The second kappa shape index (κ2) is 16.9. The Morgan fingerprint density at radius 1 is 0.580 bits per heavy atom. The maximum Gasteiger partial charge on any atom is 0.132 e. The lowest BCUT2D eigenvalue weighted by Gasteiger charge is -2.26. The van der Waals surface area contributed by atoms with E-state index < -0.39 is 0 Å². The molecule has 0 spiro atoms. The molecule has 6 rings (SSSR count). The first-order valence-corrected chi connectivity index (χ1v) is 16.3. The van der Waals surface area contributed by atoms with Gasteiger partial charge in [-0.05, 0) is 78.9 Å². The van der Waals surface area contributed by atoms with Gasteiger partial charge in [0.15, 0.2) is 0 Å². The van der Waals surface area contributed by atoms with Gasteiger partial charge in [-0.3, -0.25) is 34.7 Å². The quantitative estimate of drug-likeness (QED) is 0.114. The predicted octanol–water partition coefficient (Wildman–Crippen LogP) is 6.84. The molecule has 0 radical (unpaired) electrons. The van der Waals surface area contributed by atoms with Crippen LogP contribution in [0.3, 0.4) is 0 Å². The molecule has 0 saturated heterocycles. The summed E-state index contributed by atoms with van der Waals surface area (Å²) in [6.45, 7) is 2.57. The minimum atomic E-state index is -0.0449. The molecule has 0 aliphatic carbocycles. The minimum Gasteiger partial charge on any atom is -0.507 e. The summed E-state index contributed by atoms with van der Waals surface area (Å²) in [5.74, 6) is 0.697. The zero-order valence-electron chi connectivity index (χ0n) is 27.9. The van der Waals surface area contributed by atoms with Crippen LogP contribution >= 0.6 is 0 Å². The average Bonchev–Trinajstić information content (AvgIpc) is 3.16. The maximum absolute atomic E-state index is 12.0. The number of hydrogen-bond acceptors (Lipinski definition) is 10. The first kappa shape index (κ1) is 33.9. The van der Waals surface area contributed by atoms with E-state index in [0.717, 1.165) is 28.5 Å². The van der Waals surface area contributed by atoms with Crippen LogP contribution < -0.4 is 4.74 Å². The van der Waals surface area contributed by atoms with Gasteiger partial charge in [-0.25, -0.2) is 0 Å². The molecule has 10 heteroatoms. The lowest BCUT2D eigenvalue weighted by molar-refractivity contribution is 0.228. The Balaban J connectivity index is 1.39. The summed E-state index contributed by atoms with van der Waals surface area (Å²) in [4.78, 5) is 27.1. The number of methoxy groups -OCH3 is 1.